The Hall–Kier alpha value is -2.07. The van der Waals surface area contributed by atoms with Crippen molar-refractivity contribution in [1.82, 2.24) is 4.98 Å². The molecule has 158 valence electrons. The first-order valence-electron chi connectivity index (χ1n) is 8.63. The molecular weight excluding hydrogens is 434 g/mol. The van der Waals surface area contributed by atoms with E-state index in [1.165, 1.54) is 12.1 Å². The van der Waals surface area contributed by atoms with Gasteiger partial charge in [0.25, 0.3) is 0 Å². The van der Waals surface area contributed by atoms with Crippen molar-refractivity contribution in [3.63, 3.8) is 0 Å². The maximum Gasteiger partial charge on any atom is 0.443 e. The Morgan fingerprint density at radius 3 is 2.59 bits per heavy atom. The molecule has 1 N–H and O–H groups in total. The topological polar surface area (TPSA) is 54.5 Å². The zero-order valence-corrected chi connectivity index (χ0v) is 17.4. The molecule has 0 fully saturated rings. The standard InChI is InChI=1S/C18H18ClF4N3O2S/c1-17(2,3)28-16(27)25-14-10(19)6-9(7-11(14)20)26-5-4-12-13(8-26)29-15(24-12)18(21,22)23/h6-7H,4-5,8H2,1-3H3,(H,25,27). The molecule has 11 heteroatoms. The zero-order chi connectivity index (χ0) is 21.6. The Balaban J connectivity index is 1.79. The summed E-state index contributed by atoms with van der Waals surface area (Å²) in [5.41, 5.74) is -0.176. The van der Waals surface area contributed by atoms with Gasteiger partial charge >= 0.3 is 12.3 Å². The Kier molecular flexibility index (Phi) is 5.70. The molecule has 3 rings (SSSR count). The van der Waals surface area contributed by atoms with Crippen LogP contribution in [0, 0.1) is 5.82 Å². The van der Waals surface area contributed by atoms with Crippen LogP contribution in [-0.4, -0.2) is 23.2 Å². The highest BCUT2D eigenvalue weighted by Gasteiger charge is 2.37. The van der Waals surface area contributed by atoms with Gasteiger partial charge in [0.05, 0.1) is 22.9 Å². The van der Waals surface area contributed by atoms with Crippen molar-refractivity contribution in [2.75, 3.05) is 16.8 Å². The van der Waals surface area contributed by atoms with Gasteiger partial charge in [0, 0.05) is 23.5 Å². The quantitative estimate of drug-likeness (QED) is 0.581. The largest absolute Gasteiger partial charge is 0.444 e. The summed E-state index contributed by atoms with van der Waals surface area (Å²) in [6.07, 6.45) is -5.03. The summed E-state index contributed by atoms with van der Waals surface area (Å²) in [4.78, 5) is 17.7. The van der Waals surface area contributed by atoms with Crippen LogP contribution in [0.3, 0.4) is 0 Å². The smallest absolute Gasteiger partial charge is 0.443 e. The van der Waals surface area contributed by atoms with E-state index in [0.717, 1.165) is 0 Å². The van der Waals surface area contributed by atoms with E-state index in [0.29, 0.717) is 40.6 Å². The maximum absolute atomic E-state index is 14.6. The van der Waals surface area contributed by atoms with Gasteiger partial charge in [-0.25, -0.2) is 14.2 Å². The van der Waals surface area contributed by atoms with E-state index in [9.17, 15) is 22.4 Å². The van der Waals surface area contributed by atoms with Crippen LogP contribution in [0.25, 0.3) is 0 Å². The number of alkyl halides is 3. The van der Waals surface area contributed by atoms with Crippen LogP contribution in [0.4, 0.5) is 33.7 Å². The number of rotatable bonds is 2. The fourth-order valence-corrected chi connectivity index (χ4v) is 4.04. The normalized spacial score (nSPS) is 14.6. The number of aromatic nitrogens is 1. The zero-order valence-electron chi connectivity index (χ0n) is 15.8. The molecule has 0 spiro atoms. The summed E-state index contributed by atoms with van der Waals surface area (Å²) in [5.74, 6) is -0.774. The molecule has 1 aromatic carbocycles. The summed E-state index contributed by atoms with van der Waals surface area (Å²) < 4.78 is 58.3. The molecule has 0 unspecified atom stereocenters. The molecule has 0 atom stereocenters. The molecule has 2 aromatic rings. The minimum Gasteiger partial charge on any atom is -0.444 e. The first-order chi connectivity index (χ1) is 13.3. The third-order valence-corrected chi connectivity index (χ3v) is 5.42. The fraction of sp³-hybridized carbons (Fsp3) is 0.444. The average Bonchev–Trinajstić information content (AvgIpc) is 3.00. The van der Waals surface area contributed by atoms with Crippen molar-refractivity contribution in [1.29, 1.82) is 0 Å². The molecule has 29 heavy (non-hydrogen) atoms. The highest BCUT2D eigenvalue weighted by Crippen LogP contribution is 2.38. The Bertz CT molecular complexity index is 917. The first kappa shape index (κ1) is 21.6. The van der Waals surface area contributed by atoms with E-state index in [-0.39, 0.29) is 17.3 Å². The summed E-state index contributed by atoms with van der Waals surface area (Å²) >= 11 is 6.73. The highest BCUT2D eigenvalue weighted by atomic mass is 35.5. The number of nitrogens with one attached hydrogen (secondary N) is 1. The van der Waals surface area contributed by atoms with E-state index in [2.05, 4.69) is 10.3 Å². The molecule has 0 saturated carbocycles. The molecule has 0 bridgehead atoms. The van der Waals surface area contributed by atoms with Gasteiger partial charge < -0.3 is 9.64 Å². The molecule has 0 radical (unpaired) electrons. The number of carbonyl (C=O) groups excluding carboxylic acids is 1. The lowest BCUT2D eigenvalue weighted by Gasteiger charge is -2.28. The van der Waals surface area contributed by atoms with Crippen molar-refractivity contribution in [2.45, 2.75) is 45.5 Å². The number of thiazole rings is 1. The minimum absolute atomic E-state index is 0.0445. The second-order valence-corrected chi connectivity index (χ2v) is 8.96. The number of carbonyl (C=O) groups is 1. The van der Waals surface area contributed by atoms with Crippen LogP contribution < -0.4 is 10.2 Å². The van der Waals surface area contributed by atoms with Gasteiger partial charge in [-0.05, 0) is 32.9 Å². The molecule has 1 aliphatic rings. The molecule has 0 saturated heterocycles. The number of benzene rings is 1. The van der Waals surface area contributed by atoms with Crippen molar-refractivity contribution < 1.29 is 27.1 Å². The van der Waals surface area contributed by atoms with Crippen LogP contribution in [0.2, 0.25) is 5.02 Å². The third-order valence-electron chi connectivity index (χ3n) is 3.99. The van der Waals surface area contributed by atoms with Crippen LogP contribution in [-0.2, 0) is 23.9 Å². The molecule has 5 nitrogen and oxygen atoms in total. The van der Waals surface area contributed by atoms with E-state index >= 15 is 0 Å². The number of nitrogens with zero attached hydrogens (tertiary/aromatic N) is 2. The second kappa shape index (κ2) is 7.64. The van der Waals surface area contributed by atoms with Crippen LogP contribution in [0.15, 0.2) is 12.1 Å². The Morgan fingerprint density at radius 1 is 1.31 bits per heavy atom. The molecule has 1 amide bonds. The summed E-state index contributed by atoms with van der Waals surface area (Å²) in [6.45, 7) is 5.53. The predicted octanol–water partition coefficient (Wildman–Crippen LogP) is 5.86. The Morgan fingerprint density at radius 2 is 2.00 bits per heavy atom. The maximum atomic E-state index is 14.6. The predicted molar refractivity (Wildman–Crippen MR) is 103 cm³/mol. The van der Waals surface area contributed by atoms with Gasteiger partial charge in [0.2, 0.25) is 0 Å². The van der Waals surface area contributed by atoms with E-state index in [1.807, 2.05) is 0 Å². The average molecular weight is 452 g/mol. The van der Waals surface area contributed by atoms with Gasteiger partial charge in [-0.3, -0.25) is 5.32 Å². The van der Waals surface area contributed by atoms with Gasteiger partial charge in [-0.2, -0.15) is 13.2 Å². The van der Waals surface area contributed by atoms with Crippen LogP contribution >= 0.6 is 22.9 Å². The summed E-state index contributed by atoms with van der Waals surface area (Å²) in [6, 6.07) is 2.63. The van der Waals surface area contributed by atoms with Crippen LogP contribution in [0.1, 0.15) is 36.3 Å². The summed E-state index contributed by atoms with van der Waals surface area (Å²) in [5, 5.41) is 1.35. The number of anilines is 2. The SMILES string of the molecule is CC(C)(C)OC(=O)Nc1c(F)cc(N2CCc3nc(C(F)(F)F)sc3C2)cc1Cl. The second-order valence-electron chi connectivity index (χ2n) is 7.47. The van der Waals surface area contributed by atoms with E-state index < -0.39 is 28.7 Å². The monoisotopic (exact) mass is 451 g/mol. The number of hydrogen-bond donors (Lipinski definition) is 1. The molecule has 0 aliphatic carbocycles. The first-order valence-corrected chi connectivity index (χ1v) is 9.83. The van der Waals surface area contributed by atoms with E-state index in [4.69, 9.17) is 16.3 Å². The van der Waals surface area contributed by atoms with Crippen LogP contribution in [0.5, 0.6) is 0 Å². The lowest BCUT2D eigenvalue weighted by molar-refractivity contribution is -0.137. The Labute approximate surface area is 173 Å². The van der Waals surface area contributed by atoms with Gasteiger partial charge in [-0.1, -0.05) is 11.6 Å². The van der Waals surface area contributed by atoms with Crippen molar-refractivity contribution in [3.8, 4) is 0 Å². The minimum atomic E-state index is -4.49. The highest BCUT2D eigenvalue weighted by molar-refractivity contribution is 7.11. The number of amides is 1. The van der Waals surface area contributed by atoms with Crippen molar-refractivity contribution in [2.24, 2.45) is 0 Å². The van der Waals surface area contributed by atoms with Crippen molar-refractivity contribution in [3.05, 3.63) is 38.6 Å². The lowest BCUT2D eigenvalue weighted by atomic mass is 10.1. The lowest BCUT2D eigenvalue weighted by Crippen LogP contribution is -2.30. The van der Waals surface area contributed by atoms with Gasteiger partial charge in [0.15, 0.2) is 5.01 Å². The molecule has 1 aliphatic heterocycles. The fourth-order valence-electron chi connectivity index (χ4n) is 2.80. The molecule has 1 aromatic heterocycles. The number of ether oxygens (including phenoxy) is 1. The van der Waals surface area contributed by atoms with E-state index in [1.54, 1.807) is 25.7 Å². The summed E-state index contributed by atoms with van der Waals surface area (Å²) in [7, 11) is 0. The third kappa shape index (κ3) is 5.11. The van der Waals surface area contributed by atoms with Crippen molar-refractivity contribution >= 4 is 40.4 Å². The number of hydrogen-bond acceptors (Lipinski definition) is 5. The number of fused-ring (bicyclic) bond motifs is 1. The number of halogens is 5. The van der Waals surface area contributed by atoms with Gasteiger partial charge in [0.1, 0.15) is 11.4 Å². The molecule has 2 heterocycles. The molecular formula is C18H18ClF4N3O2S. The van der Waals surface area contributed by atoms with Gasteiger partial charge in [-0.15, -0.1) is 11.3 Å².